The summed E-state index contributed by atoms with van der Waals surface area (Å²) in [5.41, 5.74) is 1.17. The van der Waals surface area contributed by atoms with Crippen molar-refractivity contribution in [2.24, 2.45) is 5.10 Å². The fourth-order valence-corrected chi connectivity index (χ4v) is 2.58. The third-order valence-electron chi connectivity index (χ3n) is 3.57. The van der Waals surface area contributed by atoms with Gasteiger partial charge in [0, 0.05) is 0 Å². The van der Waals surface area contributed by atoms with Crippen LogP contribution in [0.3, 0.4) is 0 Å². The summed E-state index contributed by atoms with van der Waals surface area (Å²) in [6.07, 6.45) is 3.33. The molecule has 0 bridgehead atoms. The number of thioether (sulfide) groups is 1. The zero-order valence-corrected chi connectivity index (χ0v) is 15.5. The average molecular weight is 380 g/mol. The molecule has 0 aliphatic heterocycles. The highest BCUT2D eigenvalue weighted by molar-refractivity contribution is 7.98. The molecule has 0 aliphatic carbocycles. The molecule has 0 spiro atoms. The SMILES string of the molecule is CSc1nnc(C)c(=O)n1/N=C\c1ccc(OC(=O)c2ccccc2)cc1. The van der Waals surface area contributed by atoms with Gasteiger partial charge in [-0.05, 0) is 55.1 Å². The number of hydrogen-bond acceptors (Lipinski definition) is 7. The van der Waals surface area contributed by atoms with Gasteiger partial charge in [-0.15, -0.1) is 10.2 Å². The number of carbonyl (C=O) groups is 1. The van der Waals surface area contributed by atoms with Crippen molar-refractivity contribution >= 4 is 23.9 Å². The van der Waals surface area contributed by atoms with Gasteiger partial charge in [-0.25, -0.2) is 4.79 Å². The number of rotatable bonds is 5. The normalized spacial score (nSPS) is 10.9. The molecular weight excluding hydrogens is 364 g/mol. The quantitative estimate of drug-likeness (QED) is 0.293. The molecule has 1 aromatic heterocycles. The third-order valence-corrected chi connectivity index (χ3v) is 4.19. The van der Waals surface area contributed by atoms with Crippen LogP contribution in [-0.2, 0) is 0 Å². The number of ether oxygens (including phenoxy) is 1. The standard InChI is InChI=1S/C19H16N4O3S/c1-13-17(24)23(19(27-2)22-21-13)20-12-14-8-10-16(11-9-14)26-18(25)15-6-4-3-5-7-15/h3-12H,1-2H3/b20-12-. The molecule has 0 amide bonds. The van der Waals surface area contributed by atoms with Crippen molar-refractivity contribution in [3.05, 3.63) is 81.8 Å². The van der Waals surface area contributed by atoms with E-state index in [-0.39, 0.29) is 11.3 Å². The Morgan fingerprint density at radius 1 is 1.11 bits per heavy atom. The van der Waals surface area contributed by atoms with Gasteiger partial charge >= 0.3 is 5.97 Å². The number of hydrogen-bond donors (Lipinski definition) is 0. The highest BCUT2D eigenvalue weighted by atomic mass is 32.2. The minimum absolute atomic E-state index is 0.271. The van der Waals surface area contributed by atoms with Crippen LogP contribution >= 0.6 is 11.8 Å². The first kappa shape index (κ1) is 18.5. The maximum atomic E-state index is 12.2. The molecule has 0 N–H and O–H groups in total. The molecule has 1 heterocycles. The summed E-state index contributed by atoms with van der Waals surface area (Å²) in [6, 6.07) is 15.6. The van der Waals surface area contributed by atoms with E-state index in [1.54, 1.807) is 61.7 Å². The van der Waals surface area contributed by atoms with E-state index in [0.29, 0.717) is 16.5 Å². The van der Waals surface area contributed by atoms with Crippen LogP contribution < -0.4 is 10.3 Å². The summed E-state index contributed by atoms with van der Waals surface area (Å²) < 4.78 is 6.53. The maximum Gasteiger partial charge on any atom is 0.343 e. The Morgan fingerprint density at radius 2 is 1.81 bits per heavy atom. The fraction of sp³-hybridized carbons (Fsp3) is 0.105. The van der Waals surface area contributed by atoms with E-state index < -0.39 is 5.97 Å². The highest BCUT2D eigenvalue weighted by Crippen LogP contribution is 2.14. The van der Waals surface area contributed by atoms with E-state index in [2.05, 4.69) is 15.3 Å². The first-order chi connectivity index (χ1) is 13.1. The van der Waals surface area contributed by atoms with Gasteiger partial charge in [0.05, 0.1) is 11.8 Å². The average Bonchev–Trinajstić information content (AvgIpc) is 2.71. The lowest BCUT2D eigenvalue weighted by molar-refractivity contribution is 0.0735. The second-order valence-electron chi connectivity index (χ2n) is 5.46. The van der Waals surface area contributed by atoms with Gasteiger partial charge in [0.2, 0.25) is 5.16 Å². The molecular formula is C19H16N4O3S. The van der Waals surface area contributed by atoms with Gasteiger partial charge in [-0.3, -0.25) is 4.79 Å². The predicted octanol–water partition coefficient (Wildman–Crippen LogP) is 2.77. The molecule has 0 saturated heterocycles. The molecule has 0 saturated carbocycles. The topological polar surface area (TPSA) is 86.4 Å². The molecule has 7 nitrogen and oxygen atoms in total. The molecule has 0 fully saturated rings. The Balaban J connectivity index is 1.75. The van der Waals surface area contributed by atoms with Crippen molar-refractivity contribution < 1.29 is 9.53 Å². The van der Waals surface area contributed by atoms with Crippen LogP contribution in [0.25, 0.3) is 0 Å². The summed E-state index contributed by atoms with van der Waals surface area (Å²) in [6.45, 7) is 1.58. The lowest BCUT2D eigenvalue weighted by atomic mass is 10.2. The van der Waals surface area contributed by atoms with Crippen molar-refractivity contribution in [2.45, 2.75) is 12.1 Å². The first-order valence-corrected chi connectivity index (χ1v) is 9.23. The largest absolute Gasteiger partial charge is 0.423 e. The third kappa shape index (κ3) is 4.48. The van der Waals surface area contributed by atoms with Crippen LogP contribution in [0.15, 0.2) is 69.6 Å². The van der Waals surface area contributed by atoms with Crippen molar-refractivity contribution in [3.63, 3.8) is 0 Å². The number of carbonyl (C=O) groups excluding carboxylic acids is 1. The maximum absolute atomic E-state index is 12.2. The summed E-state index contributed by atoms with van der Waals surface area (Å²) in [5.74, 6) is -0.00379. The minimum Gasteiger partial charge on any atom is -0.423 e. The second-order valence-corrected chi connectivity index (χ2v) is 6.23. The van der Waals surface area contributed by atoms with Crippen molar-refractivity contribution in [2.75, 3.05) is 6.26 Å². The molecule has 3 rings (SSSR count). The number of esters is 1. The van der Waals surface area contributed by atoms with Gasteiger partial charge in [-0.1, -0.05) is 30.0 Å². The molecule has 8 heteroatoms. The number of benzene rings is 2. The van der Waals surface area contributed by atoms with E-state index in [1.807, 2.05) is 6.07 Å². The van der Waals surface area contributed by atoms with Crippen LogP contribution in [0.1, 0.15) is 21.6 Å². The van der Waals surface area contributed by atoms with Gasteiger partial charge < -0.3 is 4.74 Å². The van der Waals surface area contributed by atoms with Gasteiger partial charge in [-0.2, -0.15) is 9.78 Å². The Hall–Kier alpha value is -3.26. The summed E-state index contributed by atoms with van der Waals surface area (Å²) in [5, 5.41) is 12.3. The number of nitrogens with zero attached hydrogens (tertiary/aromatic N) is 4. The lowest BCUT2D eigenvalue weighted by Crippen LogP contribution is -2.23. The molecule has 0 atom stereocenters. The number of aryl methyl sites for hydroxylation is 1. The van der Waals surface area contributed by atoms with E-state index in [1.165, 1.54) is 22.7 Å². The fourth-order valence-electron chi connectivity index (χ4n) is 2.16. The second kappa shape index (κ2) is 8.41. The van der Waals surface area contributed by atoms with Crippen LogP contribution in [0, 0.1) is 6.92 Å². The van der Waals surface area contributed by atoms with E-state index in [0.717, 1.165) is 5.56 Å². The smallest absolute Gasteiger partial charge is 0.343 e. The molecule has 3 aromatic rings. The lowest BCUT2D eigenvalue weighted by Gasteiger charge is -2.05. The van der Waals surface area contributed by atoms with E-state index in [4.69, 9.17) is 4.74 Å². The van der Waals surface area contributed by atoms with Crippen LogP contribution in [0.5, 0.6) is 5.75 Å². The summed E-state index contributed by atoms with van der Waals surface area (Å²) in [7, 11) is 0. The first-order valence-electron chi connectivity index (χ1n) is 8.00. The predicted molar refractivity (Wildman–Crippen MR) is 104 cm³/mol. The van der Waals surface area contributed by atoms with Gasteiger partial charge in [0.25, 0.3) is 5.56 Å². The Kier molecular flexibility index (Phi) is 5.77. The van der Waals surface area contributed by atoms with E-state index in [9.17, 15) is 9.59 Å². The Morgan fingerprint density at radius 3 is 2.48 bits per heavy atom. The van der Waals surface area contributed by atoms with Crippen molar-refractivity contribution in [1.29, 1.82) is 0 Å². The summed E-state index contributed by atoms with van der Waals surface area (Å²) >= 11 is 1.28. The zero-order valence-electron chi connectivity index (χ0n) is 14.7. The van der Waals surface area contributed by atoms with Crippen molar-refractivity contribution in [1.82, 2.24) is 14.9 Å². The van der Waals surface area contributed by atoms with Crippen LogP contribution in [0.2, 0.25) is 0 Å². The highest BCUT2D eigenvalue weighted by Gasteiger charge is 2.08. The molecule has 136 valence electrons. The Labute approximate surface area is 159 Å². The Bertz CT molecular complexity index is 1030. The molecule has 0 unspecified atom stereocenters. The van der Waals surface area contributed by atoms with Crippen molar-refractivity contribution in [3.8, 4) is 5.75 Å². The molecule has 27 heavy (non-hydrogen) atoms. The van der Waals surface area contributed by atoms with Crippen LogP contribution in [-0.4, -0.2) is 33.3 Å². The monoisotopic (exact) mass is 380 g/mol. The van der Waals surface area contributed by atoms with Gasteiger partial charge in [0.15, 0.2) is 0 Å². The molecule has 2 aromatic carbocycles. The molecule has 0 aliphatic rings. The minimum atomic E-state index is -0.425. The van der Waals surface area contributed by atoms with Gasteiger partial charge in [0.1, 0.15) is 11.4 Å². The number of aromatic nitrogens is 3. The zero-order chi connectivity index (χ0) is 19.2. The van der Waals surface area contributed by atoms with E-state index >= 15 is 0 Å². The summed E-state index contributed by atoms with van der Waals surface area (Å²) in [4.78, 5) is 24.2. The van der Waals surface area contributed by atoms with Crippen LogP contribution in [0.4, 0.5) is 0 Å². The molecule has 0 radical (unpaired) electrons.